The van der Waals surface area contributed by atoms with Gasteiger partial charge in [0.25, 0.3) is 0 Å². The maximum absolute atomic E-state index is 8.67. The first-order chi connectivity index (χ1) is 3.80. The second-order valence-corrected chi connectivity index (χ2v) is 1.49. The molecule has 2 nitrogen and oxygen atoms in total. The molecule has 0 atom stereocenters. The van der Waals surface area contributed by atoms with Crippen molar-refractivity contribution in [3.8, 4) is 11.5 Å². The van der Waals surface area contributed by atoms with Gasteiger partial charge in [-0.05, 0) is 12.1 Å². The van der Waals surface area contributed by atoms with Gasteiger partial charge in [0.1, 0.15) is 0 Å². The van der Waals surface area contributed by atoms with Crippen molar-refractivity contribution in [2.75, 3.05) is 0 Å². The van der Waals surface area contributed by atoms with E-state index in [-0.39, 0.29) is 62.9 Å². The topological polar surface area (TPSA) is 40.5 Å². The Morgan fingerprint density at radius 3 is 1.44 bits per heavy atom. The Kier molecular flexibility index (Phi) is 4.52. The molecule has 0 saturated heterocycles. The van der Waals surface area contributed by atoms with Crippen molar-refractivity contribution in [2.45, 2.75) is 0 Å². The zero-order valence-electron chi connectivity index (χ0n) is 4.20. The molecule has 1 rings (SSSR count). The minimum absolute atomic E-state index is 0. The Morgan fingerprint density at radius 1 is 0.889 bits per heavy atom. The van der Waals surface area contributed by atoms with E-state index in [0.29, 0.717) is 0 Å². The summed E-state index contributed by atoms with van der Waals surface area (Å²) in [5, 5.41) is 17.3. The summed E-state index contributed by atoms with van der Waals surface area (Å²) in [4.78, 5) is 0. The summed E-state index contributed by atoms with van der Waals surface area (Å²) >= 11 is 0. The molecule has 0 saturated carbocycles. The van der Waals surface area contributed by atoms with Gasteiger partial charge in [-0.2, -0.15) is 0 Å². The van der Waals surface area contributed by atoms with E-state index >= 15 is 0 Å². The Labute approximate surface area is 95.9 Å². The number of phenolic OH excluding ortho intramolecular Hbond substituents is 2. The van der Waals surface area contributed by atoms with Gasteiger partial charge in [-0.1, -0.05) is 12.1 Å². The molecule has 0 radical (unpaired) electrons. The summed E-state index contributed by atoms with van der Waals surface area (Å²) in [6.07, 6.45) is 0. The predicted molar refractivity (Wildman–Crippen MR) is 36.9 cm³/mol. The first-order valence-electron chi connectivity index (χ1n) is 2.27. The van der Waals surface area contributed by atoms with Crippen molar-refractivity contribution >= 4 is 51.4 Å². The number of phenols is 2. The molecule has 3 heteroatoms. The molecule has 1 aromatic rings. The van der Waals surface area contributed by atoms with Crippen LogP contribution in [0.3, 0.4) is 0 Å². The van der Waals surface area contributed by atoms with Gasteiger partial charge in [-0.25, -0.2) is 0 Å². The zero-order valence-corrected chi connectivity index (χ0v) is 4.20. The van der Waals surface area contributed by atoms with Gasteiger partial charge in [-0.3, -0.25) is 0 Å². The van der Waals surface area contributed by atoms with Crippen molar-refractivity contribution < 1.29 is 10.2 Å². The molecule has 0 fully saturated rings. The Bertz CT molecular complexity index is 167. The zero-order chi connectivity index (χ0) is 5.98. The number of rotatable bonds is 0. The first-order valence-corrected chi connectivity index (χ1v) is 2.27. The van der Waals surface area contributed by atoms with E-state index in [1.165, 1.54) is 12.1 Å². The molecule has 0 bridgehead atoms. The third-order valence-electron chi connectivity index (χ3n) is 0.882. The third-order valence-corrected chi connectivity index (χ3v) is 0.882. The number of para-hydroxylation sites is 2. The molecule has 44 valence electrons. The second kappa shape index (κ2) is 4.30. The summed E-state index contributed by atoms with van der Waals surface area (Å²) in [6, 6.07) is 6.15. The van der Waals surface area contributed by atoms with Crippen LogP contribution in [0, 0.1) is 0 Å². The summed E-state index contributed by atoms with van der Waals surface area (Å²) in [5.74, 6) is -0.153. The van der Waals surface area contributed by atoms with Crippen LogP contribution in [0.4, 0.5) is 0 Å². The SMILES string of the molecule is Oc1ccccc1O.[KH]. The molecule has 0 aromatic heterocycles. The van der Waals surface area contributed by atoms with E-state index in [9.17, 15) is 0 Å². The Hall–Kier alpha value is 0.456. The van der Waals surface area contributed by atoms with E-state index in [4.69, 9.17) is 10.2 Å². The summed E-state index contributed by atoms with van der Waals surface area (Å²) in [6.45, 7) is 0. The molecule has 9 heavy (non-hydrogen) atoms. The van der Waals surface area contributed by atoms with Crippen molar-refractivity contribution in [1.29, 1.82) is 0 Å². The van der Waals surface area contributed by atoms with Crippen molar-refractivity contribution in [1.82, 2.24) is 0 Å². The van der Waals surface area contributed by atoms with Crippen LogP contribution in [-0.2, 0) is 0 Å². The Balaban J connectivity index is 0.000000640. The molecule has 0 aliphatic rings. The molecular weight excluding hydrogens is 143 g/mol. The molecule has 0 heterocycles. The van der Waals surface area contributed by atoms with E-state index in [0.717, 1.165) is 0 Å². The maximum atomic E-state index is 8.67. The molecule has 0 aliphatic carbocycles. The fraction of sp³-hybridized carbons (Fsp3) is 0. The van der Waals surface area contributed by atoms with E-state index < -0.39 is 0 Å². The summed E-state index contributed by atoms with van der Waals surface area (Å²) < 4.78 is 0. The van der Waals surface area contributed by atoms with Crippen LogP contribution >= 0.6 is 0 Å². The van der Waals surface area contributed by atoms with Gasteiger partial charge in [0.05, 0.1) is 0 Å². The predicted octanol–water partition coefficient (Wildman–Crippen LogP) is 0.449. The number of hydrogen-bond donors (Lipinski definition) is 2. The van der Waals surface area contributed by atoms with Gasteiger partial charge in [0.15, 0.2) is 11.5 Å². The Morgan fingerprint density at radius 2 is 1.22 bits per heavy atom. The second-order valence-electron chi connectivity index (χ2n) is 1.49. The van der Waals surface area contributed by atoms with Crippen LogP contribution in [0.1, 0.15) is 0 Å². The molecule has 0 amide bonds. The normalized spacial score (nSPS) is 8.00. The average molecular weight is 150 g/mol. The van der Waals surface area contributed by atoms with Gasteiger partial charge >= 0.3 is 51.4 Å². The third kappa shape index (κ3) is 2.69. The molecule has 0 spiro atoms. The van der Waals surface area contributed by atoms with Gasteiger partial charge < -0.3 is 10.2 Å². The summed E-state index contributed by atoms with van der Waals surface area (Å²) in [5.41, 5.74) is 0. The fourth-order valence-electron chi connectivity index (χ4n) is 0.464. The molecular formula is C6H7KO2. The quantitative estimate of drug-likeness (QED) is 0.416. The standard InChI is InChI=1S/C6H6O2.K.H/c7-5-3-1-2-4-6(5)8;;/h1-4,7-8H;;. The molecule has 2 N–H and O–H groups in total. The summed E-state index contributed by atoms with van der Waals surface area (Å²) in [7, 11) is 0. The average Bonchev–Trinajstić information content (AvgIpc) is 1.77. The molecule has 0 unspecified atom stereocenters. The minimum atomic E-state index is -0.0764. The van der Waals surface area contributed by atoms with Crippen LogP contribution in [0.15, 0.2) is 24.3 Å². The van der Waals surface area contributed by atoms with Crippen molar-refractivity contribution in [3.05, 3.63) is 24.3 Å². The van der Waals surface area contributed by atoms with Gasteiger partial charge in [0.2, 0.25) is 0 Å². The van der Waals surface area contributed by atoms with E-state index in [2.05, 4.69) is 0 Å². The van der Waals surface area contributed by atoms with Crippen LogP contribution in [-0.4, -0.2) is 61.6 Å². The van der Waals surface area contributed by atoms with E-state index in [1.807, 2.05) is 0 Å². The molecule has 0 aliphatic heterocycles. The van der Waals surface area contributed by atoms with Crippen molar-refractivity contribution in [2.24, 2.45) is 0 Å². The first kappa shape index (κ1) is 9.46. The van der Waals surface area contributed by atoms with Gasteiger partial charge in [0, 0.05) is 0 Å². The fourth-order valence-corrected chi connectivity index (χ4v) is 0.464. The molecule has 1 aromatic carbocycles. The number of benzene rings is 1. The van der Waals surface area contributed by atoms with Gasteiger partial charge in [-0.15, -0.1) is 0 Å². The van der Waals surface area contributed by atoms with Crippen LogP contribution in [0.25, 0.3) is 0 Å². The monoisotopic (exact) mass is 150 g/mol. The number of aromatic hydroxyl groups is 2. The van der Waals surface area contributed by atoms with E-state index in [1.54, 1.807) is 12.1 Å². The van der Waals surface area contributed by atoms with Crippen LogP contribution < -0.4 is 0 Å². The van der Waals surface area contributed by atoms with Crippen LogP contribution in [0.2, 0.25) is 0 Å². The van der Waals surface area contributed by atoms with Crippen molar-refractivity contribution in [3.63, 3.8) is 0 Å². The van der Waals surface area contributed by atoms with Crippen LogP contribution in [0.5, 0.6) is 11.5 Å². The number of hydrogen-bond acceptors (Lipinski definition) is 2.